The predicted molar refractivity (Wildman–Crippen MR) is 66.8 cm³/mol. The normalized spacial score (nSPS) is 14.1. The molecule has 5 heteroatoms. The van der Waals surface area contributed by atoms with Crippen molar-refractivity contribution in [3.8, 4) is 0 Å². The topological polar surface area (TPSA) is 72.8 Å². The molecule has 0 saturated heterocycles. The molecule has 0 aromatic carbocycles. The van der Waals surface area contributed by atoms with Crippen LogP contribution in [0.1, 0.15) is 27.7 Å². The smallest absolute Gasteiger partial charge is 0.333 e. The second kappa shape index (κ2) is 8.47. The summed E-state index contributed by atoms with van der Waals surface area (Å²) in [7, 11) is 0. The van der Waals surface area contributed by atoms with E-state index >= 15 is 0 Å². The van der Waals surface area contributed by atoms with Crippen LogP contribution in [0.2, 0.25) is 0 Å². The van der Waals surface area contributed by atoms with Crippen LogP contribution in [0.25, 0.3) is 0 Å². The maximum atomic E-state index is 11.3. The average Bonchev–Trinajstić information content (AvgIpc) is 2.39. The van der Waals surface area contributed by atoms with E-state index in [1.807, 2.05) is 0 Å². The fourth-order valence-electron chi connectivity index (χ4n) is 0.855. The molecule has 0 unspecified atom stereocenters. The van der Waals surface area contributed by atoms with Gasteiger partial charge in [-0.05, 0) is 27.7 Å². The Morgan fingerprint density at radius 3 is 1.61 bits per heavy atom. The largest absolute Gasteiger partial charge is 0.459 e. The van der Waals surface area contributed by atoms with Gasteiger partial charge >= 0.3 is 11.9 Å². The summed E-state index contributed by atoms with van der Waals surface area (Å²) in [4.78, 5) is 22.5. The molecule has 0 atom stereocenters. The molecule has 0 fully saturated rings. The molecule has 0 aliphatic heterocycles. The number of allylic oxidation sites excluding steroid dienone is 2. The lowest BCUT2D eigenvalue weighted by Gasteiger charge is -2.12. The van der Waals surface area contributed by atoms with Crippen molar-refractivity contribution in [2.75, 3.05) is 13.2 Å². The number of aliphatic hydroxyl groups excluding tert-OH is 1. The van der Waals surface area contributed by atoms with E-state index in [1.54, 1.807) is 39.8 Å². The van der Waals surface area contributed by atoms with Crippen LogP contribution in [-0.4, -0.2) is 36.4 Å². The third-order valence-electron chi connectivity index (χ3n) is 2.32. The Morgan fingerprint density at radius 2 is 1.33 bits per heavy atom. The second-order valence-electron chi connectivity index (χ2n) is 3.79. The summed E-state index contributed by atoms with van der Waals surface area (Å²) in [5.74, 6) is -0.986. The third kappa shape index (κ3) is 6.20. The molecule has 0 saturated carbocycles. The maximum Gasteiger partial charge on any atom is 0.333 e. The summed E-state index contributed by atoms with van der Waals surface area (Å²) in [6.07, 6.45) is 2.21. The van der Waals surface area contributed by atoms with E-state index in [4.69, 9.17) is 9.47 Å². The van der Waals surface area contributed by atoms with Crippen LogP contribution in [0.5, 0.6) is 0 Å². The molecule has 0 bridgehead atoms. The minimum absolute atomic E-state index is 0.202. The van der Waals surface area contributed by atoms with Crippen LogP contribution in [0.15, 0.2) is 23.3 Å². The van der Waals surface area contributed by atoms with Crippen molar-refractivity contribution in [3.63, 3.8) is 0 Å². The highest BCUT2D eigenvalue weighted by molar-refractivity contribution is 5.88. The molecule has 0 amide bonds. The quantitative estimate of drug-likeness (QED) is 0.574. The maximum absolute atomic E-state index is 11.3. The standard InChI is InChI=1S/C13H20O5/c1-5-9(3)12(15)17-7-11(14)8-18-13(16)10(4)6-2/h5-6,11,14H,7-8H2,1-4H3/b9-5-,10-6-. The lowest BCUT2D eigenvalue weighted by atomic mass is 10.3. The summed E-state index contributed by atoms with van der Waals surface area (Å²) in [5, 5.41) is 9.46. The number of ether oxygens (including phenoxy) is 2. The number of hydrogen-bond acceptors (Lipinski definition) is 5. The van der Waals surface area contributed by atoms with Crippen molar-refractivity contribution < 1.29 is 24.2 Å². The second-order valence-corrected chi connectivity index (χ2v) is 3.79. The fraction of sp³-hybridized carbons (Fsp3) is 0.538. The van der Waals surface area contributed by atoms with Crippen molar-refractivity contribution in [2.45, 2.75) is 33.8 Å². The lowest BCUT2D eigenvalue weighted by Crippen LogP contribution is -2.25. The molecule has 18 heavy (non-hydrogen) atoms. The van der Waals surface area contributed by atoms with Gasteiger partial charge in [0.05, 0.1) is 0 Å². The zero-order valence-corrected chi connectivity index (χ0v) is 11.2. The molecule has 0 aromatic heterocycles. The highest BCUT2D eigenvalue weighted by Crippen LogP contribution is 2.00. The number of rotatable bonds is 6. The minimum Gasteiger partial charge on any atom is -0.459 e. The molecular formula is C13H20O5. The van der Waals surface area contributed by atoms with Crippen molar-refractivity contribution in [2.24, 2.45) is 0 Å². The van der Waals surface area contributed by atoms with E-state index in [1.165, 1.54) is 0 Å². The molecule has 0 aliphatic carbocycles. The van der Waals surface area contributed by atoms with Crippen LogP contribution in [0, 0.1) is 0 Å². The molecule has 0 heterocycles. The Hall–Kier alpha value is -1.62. The fourth-order valence-corrected chi connectivity index (χ4v) is 0.855. The lowest BCUT2D eigenvalue weighted by molar-refractivity contribution is -0.147. The zero-order valence-electron chi connectivity index (χ0n) is 11.2. The van der Waals surface area contributed by atoms with Crippen LogP contribution < -0.4 is 0 Å². The van der Waals surface area contributed by atoms with Crippen LogP contribution in [0.4, 0.5) is 0 Å². The summed E-state index contributed by atoms with van der Waals surface area (Å²) in [6, 6.07) is 0. The average molecular weight is 256 g/mol. The predicted octanol–water partition coefficient (Wildman–Crippen LogP) is 1.37. The molecule has 1 N–H and O–H groups in total. The van der Waals surface area contributed by atoms with Gasteiger partial charge in [0.15, 0.2) is 0 Å². The van der Waals surface area contributed by atoms with Gasteiger partial charge in [-0.1, -0.05) is 12.2 Å². The van der Waals surface area contributed by atoms with Gasteiger partial charge in [0.1, 0.15) is 19.3 Å². The monoisotopic (exact) mass is 256 g/mol. The highest BCUT2D eigenvalue weighted by Gasteiger charge is 2.13. The van der Waals surface area contributed by atoms with Gasteiger partial charge in [0, 0.05) is 11.1 Å². The number of carbonyl (C=O) groups excluding carboxylic acids is 2. The highest BCUT2D eigenvalue weighted by atomic mass is 16.6. The molecule has 102 valence electrons. The van der Waals surface area contributed by atoms with Gasteiger partial charge in [0.2, 0.25) is 0 Å². The summed E-state index contributed by atoms with van der Waals surface area (Å²) < 4.78 is 9.62. The number of carbonyl (C=O) groups is 2. The van der Waals surface area contributed by atoms with Crippen LogP contribution in [0.3, 0.4) is 0 Å². The summed E-state index contributed by atoms with van der Waals surface area (Å²) in [5.41, 5.74) is 0.924. The van der Waals surface area contributed by atoms with E-state index in [0.29, 0.717) is 11.1 Å². The van der Waals surface area contributed by atoms with E-state index in [2.05, 4.69) is 0 Å². The molecule has 0 radical (unpaired) electrons. The number of esters is 2. The zero-order chi connectivity index (χ0) is 14.1. The Balaban J connectivity index is 3.96. The minimum atomic E-state index is -1.02. The van der Waals surface area contributed by atoms with E-state index in [9.17, 15) is 14.7 Å². The first-order valence-corrected chi connectivity index (χ1v) is 5.70. The molecule has 0 rings (SSSR count). The Bertz CT molecular complexity index is 320. The Labute approximate surface area is 107 Å². The molecule has 0 aromatic rings. The first-order valence-electron chi connectivity index (χ1n) is 5.70. The van der Waals surface area contributed by atoms with Gasteiger partial charge in [-0.2, -0.15) is 0 Å². The number of aliphatic hydroxyl groups is 1. The SMILES string of the molecule is C/C=C(/C)C(=O)OCC(O)COC(=O)/C(C)=C\C. The van der Waals surface area contributed by atoms with Crippen LogP contribution >= 0.6 is 0 Å². The van der Waals surface area contributed by atoms with E-state index in [0.717, 1.165) is 0 Å². The van der Waals surface area contributed by atoms with Gasteiger partial charge in [-0.25, -0.2) is 9.59 Å². The Morgan fingerprint density at radius 1 is 1.00 bits per heavy atom. The van der Waals surface area contributed by atoms with E-state index < -0.39 is 18.0 Å². The molecular weight excluding hydrogens is 236 g/mol. The van der Waals surface area contributed by atoms with Crippen LogP contribution in [-0.2, 0) is 19.1 Å². The van der Waals surface area contributed by atoms with Crippen molar-refractivity contribution in [1.29, 1.82) is 0 Å². The van der Waals surface area contributed by atoms with Gasteiger partial charge in [-0.3, -0.25) is 0 Å². The molecule has 5 nitrogen and oxygen atoms in total. The van der Waals surface area contributed by atoms with Gasteiger partial charge in [-0.15, -0.1) is 0 Å². The summed E-state index contributed by atoms with van der Waals surface area (Å²) in [6.45, 7) is 6.26. The van der Waals surface area contributed by atoms with Crippen molar-refractivity contribution in [3.05, 3.63) is 23.3 Å². The molecule has 0 spiro atoms. The van der Waals surface area contributed by atoms with Gasteiger partial charge < -0.3 is 14.6 Å². The van der Waals surface area contributed by atoms with Gasteiger partial charge in [0.25, 0.3) is 0 Å². The van der Waals surface area contributed by atoms with E-state index in [-0.39, 0.29) is 13.2 Å². The number of hydrogen-bond donors (Lipinski definition) is 1. The van der Waals surface area contributed by atoms with Crippen molar-refractivity contribution >= 4 is 11.9 Å². The Kier molecular flexibility index (Phi) is 7.71. The molecule has 0 aliphatic rings. The third-order valence-corrected chi connectivity index (χ3v) is 2.32. The van der Waals surface area contributed by atoms with Crippen molar-refractivity contribution in [1.82, 2.24) is 0 Å². The summed E-state index contributed by atoms with van der Waals surface area (Å²) >= 11 is 0. The first kappa shape index (κ1) is 16.4. The first-order chi connectivity index (χ1) is 8.42.